The van der Waals surface area contributed by atoms with E-state index in [1.807, 2.05) is 0 Å². The first-order valence-corrected chi connectivity index (χ1v) is 9.13. The van der Waals surface area contributed by atoms with Gasteiger partial charge in [0.15, 0.2) is 0 Å². The standard InChI is InChI=1S/C16H36BrN2/c1-18(2)14-16-19(3,4)15-12-10-8-6-5-7-9-11-13-17/h5-16H2,1-4H3/q+1. The number of quaternary nitrogens is 1. The van der Waals surface area contributed by atoms with E-state index in [0.717, 1.165) is 0 Å². The minimum absolute atomic E-state index is 1.17. The van der Waals surface area contributed by atoms with Gasteiger partial charge in [-0.2, -0.15) is 0 Å². The molecule has 0 aromatic rings. The quantitative estimate of drug-likeness (QED) is 0.278. The van der Waals surface area contributed by atoms with Gasteiger partial charge in [0.1, 0.15) is 0 Å². The Morgan fingerprint density at radius 2 is 1.21 bits per heavy atom. The van der Waals surface area contributed by atoms with Crippen molar-refractivity contribution in [2.45, 2.75) is 51.4 Å². The first-order chi connectivity index (χ1) is 8.98. The molecule has 2 nitrogen and oxygen atoms in total. The van der Waals surface area contributed by atoms with E-state index >= 15 is 0 Å². The van der Waals surface area contributed by atoms with Crippen LogP contribution in [0.4, 0.5) is 0 Å². The fourth-order valence-electron chi connectivity index (χ4n) is 2.28. The van der Waals surface area contributed by atoms with Gasteiger partial charge in [0.25, 0.3) is 0 Å². The predicted molar refractivity (Wildman–Crippen MR) is 91.1 cm³/mol. The molecule has 0 saturated heterocycles. The third-order valence-electron chi connectivity index (χ3n) is 3.80. The van der Waals surface area contributed by atoms with Gasteiger partial charge in [-0.05, 0) is 33.4 Å². The highest BCUT2D eigenvalue weighted by Gasteiger charge is 2.13. The summed E-state index contributed by atoms with van der Waals surface area (Å²) in [6, 6.07) is 0. The largest absolute Gasteiger partial charge is 0.327 e. The highest BCUT2D eigenvalue weighted by molar-refractivity contribution is 9.09. The van der Waals surface area contributed by atoms with Gasteiger partial charge in [0, 0.05) is 11.9 Å². The lowest BCUT2D eigenvalue weighted by atomic mass is 10.1. The van der Waals surface area contributed by atoms with Crippen molar-refractivity contribution in [3.05, 3.63) is 0 Å². The predicted octanol–water partition coefficient (Wildman–Crippen LogP) is 4.14. The van der Waals surface area contributed by atoms with Gasteiger partial charge in [-0.15, -0.1) is 0 Å². The second-order valence-corrected chi connectivity index (χ2v) is 7.50. The van der Waals surface area contributed by atoms with Gasteiger partial charge in [-0.1, -0.05) is 48.0 Å². The van der Waals surface area contributed by atoms with Gasteiger partial charge in [0.05, 0.1) is 27.2 Å². The fourth-order valence-corrected chi connectivity index (χ4v) is 2.67. The van der Waals surface area contributed by atoms with Crippen LogP contribution < -0.4 is 0 Å². The Balaban J connectivity index is 3.32. The van der Waals surface area contributed by atoms with Gasteiger partial charge in [-0.3, -0.25) is 0 Å². The Morgan fingerprint density at radius 3 is 1.68 bits per heavy atom. The molecule has 0 saturated carbocycles. The van der Waals surface area contributed by atoms with Crippen LogP contribution in [0.1, 0.15) is 51.4 Å². The van der Waals surface area contributed by atoms with Crippen molar-refractivity contribution in [2.24, 2.45) is 0 Å². The molecule has 0 amide bonds. The van der Waals surface area contributed by atoms with Crippen molar-refractivity contribution in [1.82, 2.24) is 4.90 Å². The molecule has 0 bridgehead atoms. The second-order valence-electron chi connectivity index (χ2n) is 6.70. The molecule has 0 radical (unpaired) electrons. The zero-order chi connectivity index (χ0) is 14.6. The van der Waals surface area contributed by atoms with E-state index in [0.29, 0.717) is 0 Å². The highest BCUT2D eigenvalue weighted by atomic mass is 79.9. The van der Waals surface area contributed by atoms with Crippen molar-refractivity contribution < 1.29 is 4.48 Å². The maximum Gasteiger partial charge on any atom is 0.0911 e. The molecular weight excluding hydrogens is 300 g/mol. The number of alkyl halides is 1. The summed E-state index contributed by atoms with van der Waals surface area (Å²) in [6.45, 7) is 3.79. The summed E-state index contributed by atoms with van der Waals surface area (Å²) in [6.07, 6.45) is 11.3. The van der Waals surface area contributed by atoms with E-state index in [1.54, 1.807) is 0 Å². The molecule has 0 aliphatic heterocycles. The Kier molecular flexibility index (Phi) is 12.4. The summed E-state index contributed by atoms with van der Waals surface area (Å²) in [7, 11) is 9.05. The van der Waals surface area contributed by atoms with Crippen LogP contribution in [0.15, 0.2) is 0 Å². The third kappa shape index (κ3) is 14.6. The van der Waals surface area contributed by atoms with Crippen molar-refractivity contribution in [3.63, 3.8) is 0 Å². The summed E-state index contributed by atoms with van der Waals surface area (Å²) in [5.41, 5.74) is 0. The maximum atomic E-state index is 3.49. The summed E-state index contributed by atoms with van der Waals surface area (Å²) in [5, 5.41) is 1.17. The summed E-state index contributed by atoms with van der Waals surface area (Å²) in [5.74, 6) is 0. The topological polar surface area (TPSA) is 3.24 Å². The molecule has 0 aliphatic rings. The van der Waals surface area contributed by atoms with Crippen LogP contribution in [0.25, 0.3) is 0 Å². The number of halogens is 1. The number of likely N-dealkylation sites (N-methyl/N-ethyl adjacent to an activating group) is 2. The lowest BCUT2D eigenvalue weighted by molar-refractivity contribution is -0.890. The van der Waals surface area contributed by atoms with E-state index in [-0.39, 0.29) is 0 Å². The third-order valence-corrected chi connectivity index (χ3v) is 4.36. The molecule has 0 heterocycles. The summed E-state index contributed by atoms with van der Waals surface area (Å²) in [4.78, 5) is 2.28. The van der Waals surface area contributed by atoms with E-state index in [9.17, 15) is 0 Å². The molecule has 0 aliphatic carbocycles. The van der Waals surface area contributed by atoms with E-state index < -0.39 is 0 Å². The Morgan fingerprint density at radius 1 is 0.737 bits per heavy atom. The average Bonchev–Trinajstić information content (AvgIpc) is 2.34. The van der Waals surface area contributed by atoms with Crippen molar-refractivity contribution in [3.8, 4) is 0 Å². The van der Waals surface area contributed by atoms with Crippen molar-refractivity contribution >= 4 is 15.9 Å². The van der Waals surface area contributed by atoms with Crippen molar-refractivity contribution in [1.29, 1.82) is 0 Å². The maximum absolute atomic E-state index is 3.49. The number of rotatable bonds is 13. The first kappa shape index (κ1) is 19.4. The molecule has 19 heavy (non-hydrogen) atoms. The van der Waals surface area contributed by atoms with Crippen LogP contribution in [0.2, 0.25) is 0 Å². The molecule has 0 spiro atoms. The molecule has 0 N–H and O–H groups in total. The molecule has 0 rings (SSSR count). The van der Waals surface area contributed by atoms with E-state index in [2.05, 4.69) is 49.0 Å². The Labute approximate surface area is 130 Å². The second kappa shape index (κ2) is 12.2. The number of nitrogens with zero attached hydrogens (tertiary/aromatic N) is 2. The monoisotopic (exact) mass is 335 g/mol. The summed E-state index contributed by atoms with van der Waals surface area (Å²) < 4.78 is 1.17. The molecule has 0 aromatic carbocycles. The lowest BCUT2D eigenvalue weighted by Gasteiger charge is -2.31. The number of hydrogen-bond acceptors (Lipinski definition) is 1. The molecular formula is C16H36BrN2+. The molecule has 3 heteroatoms. The van der Waals surface area contributed by atoms with Crippen LogP contribution in [0.5, 0.6) is 0 Å². The molecule has 0 aromatic heterocycles. The van der Waals surface area contributed by atoms with Crippen molar-refractivity contribution in [2.75, 3.05) is 53.2 Å². The number of unbranched alkanes of at least 4 members (excludes halogenated alkanes) is 7. The van der Waals surface area contributed by atoms with E-state index in [4.69, 9.17) is 0 Å². The van der Waals surface area contributed by atoms with Gasteiger partial charge in [-0.25, -0.2) is 0 Å². The molecule has 116 valence electrons. The van der Waals surface area contributed by atoms with Crippen LogP contribution in [0.3, 0.4) is 0 Å². The molecule has 0 atom stereocenters. The first-order valence-electron chi connectivity index (χ1n) is 8.00. The van der Waals surface area contributed by atoms with Crippen LogP contribution in [-0.2, 0) is 0 Å². The lowest BCUT2D eigenvalue weighted by Crippen LogP contribution is -2.44. The van der Waals surface area contributed by atoms with E-state index in [1.165, 1.54) is 80.8 Å². The number of hydrogen-bond donors (Lipinski definition) is 0. The fraction of sp³-hybridized carbons (Fsp3) is 1.00. The minimum Gasteiger partial charge on any atom is -0.327 e. The minimum atomic E-state index is 1.17. The van der Waals surface area contributed by atoms with Gasteiger partial charge >= 0.3 is 0 Å². The molecule has 0 unspecified atom stereocenters. The normalized spacial score (nSPS) is 12.3. The van der Waals surface area contributed by atoms with Gasteiger partial charge < -0.3 is 9.38 Å². The zero-order valence-corrected chi connectivity index (χ0v) is 15.3. The zero-order valence-electron chi connectivity index (χ0n) is 13.8. The summed E-state index contributed by atoms with van der Waals surface area (Å²) >= 11 is 3.49. The van der Waals surface area contributed by atoms with Crippen LogP contribution in [-0.4, -0.2) is 62.5 Å². The SMILES string of the molecule is CN(C)CC[N+](C)(C)CCCCCCCCCCBr. The smallest absolute Gasteiger partial charge is 0.0911 e. The molecule has 0 fully saturated rings. The van der Waals surface area contributed by atoms with Crippen LogP contribution >= 0.6 is 15.9 Å². The van der Waals surface area contributed by atoms with Gasteiger partial charge in [0.2, 0.25) is 0 Å². The van der Waals surface area contributed by atoms with Crippen LogP contribution in [0, 0.1) is 0 Å². The highest BCUT2D eigenvalue weighted by Crippen LogP contribution is 2.10. The Hall–Kier alpha value is 0.400. The Bertz CT molecular complexity index is 193. The average molecular weight is 336 g/mol.